The molecule has 0 heterocycles. The number of ether oxygens (including phenoxy) is 2. The summed E-state index contributed by atoms with van der Waals surface area (Å²) in [6.07, 6.45) is 0. The average molecular weight is 452 g/mol. The van der Waals surface area contributed by atoms with E-state index in [0.29, 0.717) is 39.0 Å². The number of hydrogen-bond donors (Lipinski definition) is 2. The molecule has 2 N–H and O–H groups in total. The van der Waals surface area contributed by atoms with E-state index in [1.54, 1.807) is 67.6 Å². The summed E-state index contributed by atoms with van der Waals surface area (Å²) >= 11 is 6.04. The minimum absolute atomic E-state index is 0.301. The molecule has 3 rings (SSSR count). The number of methoxy groups -OCH3 is 2. The number of carbonyl (C=O) groups excluding carboxylic acids is 2. The number of anilines is 1. The smallest absolute Gasteiger partial charge is 0.272 e. The Labute approximate surface area is 191 Å². The molecule has 3 aromatic carbocycles. The molecule has 0 aliphatic rings. The van der Waals surface area contributed by atoms with Crippen molar-refractivity contribution in [2.24, 2.45) is 5.10 Å². The standard InChI is InChI=1S/C24H22ClN3O4/c1-15(27-28-24(30)19-9-4-5-10-20(19)25)16-7-6-8-18(13-16)26-23(29)17-11-12-21(31-2)22(14-17)32-3/h4-14H,1-3H3,(H,26,29)(H,28,30). The van der Waals surface area contributed by atoms with E-state index in [4.69, 9.17) is 21.1 Å². The molecule has 0 saturated carbocycles. The minimum atomic E-state index is -0.409. The van der Waals surface area contributed by atoms with Crippen LogP contribution in [-0.2, 0) is 0 Å². The summed E-state index contributed by atoms with van der Waals surface area (Å²) in [6, 6.07) is 18.8. The third kappa shape index (κ3) is 5.44. The fourth-order valence-corrected chi connectivity index (χ4v) is 3.13. The van der Waals surface area contributed by atoms with Crippen LogP contribution in [0.15, 0.2) is 71.8 Å². The highest BCUT2D eigenvalue weighted by atomic mass is 35.5. The maximum absolute atomic E-state index is 12.7. The summed E-state index contributed by atoms with van der Waals surface area (Å²) in [4.78, 5) is 24.9. The van der Waals surface area contributed by atoms with Crippen molar-refractivity contribution in [2.75, 3.05) is 19.5 Å². The Morgan fingerprint density at radius 2 is 1.59 bits per heavy atom. The highest BCUT2D eigenvalue weighted by Gasteiger charge is 2.12. The molecule has 2 amide bonds. The van der Waals surface area contributed by atoms with Crippen LogP contribution in [0, 0.1) is 0 Å². The number of hydrazone groups is 1. The van der Waals surface area contributed by atoms with Crippen molar-refractivity contribution in [2.45, 2.75) is 6.92 Å². The van der Waals surface area contributed by atoms with Gasteiger partial charge in [0, 0.05) is 11.3 Å². The van der Waals surface area contributed by atoms with Gasteiger partial charge in [0.15, 0.2) is 11.5 Å². The number of hydrogen-bond acceptors (Lipinski definition) is 5. The first-order valence-corrected chi connectivity index (χ1v) is 10.0. The van der Waals surface area contributed by atoms with Gasteiger partial charge in [0.2, 0.25) is 0 Å². The first kappa shape index (κ1) is 22.8. The molecule has 0 bridgehead atoms. The van der Waals surface area contributed by atoms with Crippen LogP contribution in [0.4, 0.5) is 5.69 Å². The Balaban J connectivity index is 1.72. The van der Waals surface area contributed by atoms with Crippen LogP contribution >= 0.6 is 11.6 Å². The molecule has 0 unspecified atom stereocenters. The summed E-state index contributed by atoms with van der Waals surface area (Å²) < 4.78 is 10.4. The van der Waals surface area contributed by atoms with Gasteiger partial charge in [-0.3, -0.25) is 9.59 Å². The molecule has 0 aliphatic heterocycles. The van der Waals surface area contributed by atoms with E-state index >= 15 is 0 Å². The Kier molecular flexibility index (Phi) is 7.46. The first-order chi connectivity index (χ1) is 15.4. The van der Waals surface area contributed by atoms with Crippen molar-refractivity contribution < 1.29 is 19.1 Å². The zero-order chi connectivity index (χ0) is 23.1. The van der Waals surface area contributed by atoms with Crippen LogP contribution in [0.25, 0.3) is 0 Å². The molecule has 3 aromatic rings. The van der Waals surface area contributed by atoms with Crippen molar-refractivity contribution in [1.82, 2.24) is 5.43 Å². The molecule has 0 spiro atoms. The van der Waals surface area contributed by atoms with Crippen molar-refractivity contribution in [1.29, 1.82) is 0 Å². The summed E-state index contributed by atoms with van der Waals surface area (Å²) in [6.45, 7) is 1.75. The molecule has 0 aliphatic carbocycles. The molecule has 0 saturated heterocycles. The van der Waals surface area contributed by atoms with E-state index in [2.05, 4.69) is 15.8 Å². The SMILES string of the molecule is COc1ccc(C(=O)Nc2cccc(C(C)=NNC(=O)c3ccccc3Cl)c2)cc1OC. The maximum atomic E-state index is 12.7. The van der Waals surface area contributed by atoms with E-state index in [1.165, 1.54) is 14.2 Å². The second kappa shape index (κ2) is 10.5. The third-order valence-electron chi connectivity index (χ3n) is 4.63. The Morgan fingerprint density at radius 3 is 2.31 bits per heavy atom. The molecule has 0 radical (unpaired) electrons. The van der Waals surface area contributed by atoms with Gasteiger partial charge in [-0.05, 0) is 55.0 Å². The topological polar surface area (TPSA) is 89.0 Å². The van der Waals surface area contributed by atoms with E-state index in [1.807, 2.05) is 6.07 Å². The Hall–Kier alpha value is -3.84. The predicted octanol–water partition coefficient (Wildman–Crippen LogP) is 4.76. The lowest BCUT2D eigenvalue weighted by molar-refractivity contribution is 0.0954. The van der Waals surface area contributed by atoms with Crippen LogP contribution in [-0.4, -0.2) is 31.7 Å². The van der Waals surface area contributed by atoms with Gasteiger partial charge in [0.1, 0.15) is 0 Å². The lowest BCUT2D eigenvalue weighted by atomic mass is 10.1. The van der Waals surface area contributed by atoms with Gasteiger partial charge in [-0.15, -0.1) is 0 Å². The van der Waals surface area contributed by atoms with Crippen LogP contribution in [0.1, 0.15) is 33.2 Å². The molecule has 8 heteroatoms. The summed E-state index contributed by atoms with van der Waals surface area (Å²) in [5, 5.41) is 7.34. The molecular formula is C24H22ClN3O4. The van der Waals surface area contributed by atoms with Gasteiger partial charge in [0.05, 0.1) is 30.5 Å². The van der Waals surface area contributed by atoms with Gasteiger partial charge >= 0.3 is 0 Å². The molecule has 0 atom stereocenters. The normalized spacial score (nSPS) is 10.9. The van der Waals surface area contributed by atoms with Gasteiger partial charge in [-0.25, -0.2) is 5.43 Å². The highest BCUT2D eigenvalue weighted by molar-refractivity contribution is 6.33. The number of halogens is 1. The fraction of sp³-hybridized carbons (Fsp3) is 0.125. The van der Waals surface area contributed by atoms with Crippen molar-refractivity contribution in [3.8, 4) is 11.5 Å². The summed E-state index contributed by atoms with van der Waals surface area (Å²) in [5.41, 5.74) is 5.13. The Morgan fingerprint density at radius 1 is 0.844 bits per heavy atom. The van der Waals surface area contributed by atoms with E-state index < -0.39 is 5.91 Å². The van der Waals surface area contributed by atoms with Crippen LogP contribution in [0.3, 0.4) is 0 Å². The monoisotopic (exact) mass is 451 g/mol. The van der Waals surface area contributed by atoms with Gasteiger partial charge in [-0.1, -0.05) is 35.9 Å². The molecule has 32 heavy (non-hydrogen) atoms. The summed E-state index contributed by atoms with van der Waals surface area (Å²) in [7, 11) is 3.04. The fourth-order valence-electron chi connectivity index (χ4n) is 2.91. The van der Waals surface area contributed by atoms with Crippen LogP contribution in [0.2, 0.25) is 5.02 Å². The second-order valence-electron chi connectivity index (χ2n) is 6.72. The van der Waals surface area contributed by atoms with Crippen molar-refractivity contribution >= 4 is 34.8 Å². The van der Waals surface area contributed by atoms with E-state index in [9.17, 15) is 9.59 Å². The van der Waals surface area contributed by atoms with Crippen LogP contribution in [0.5, 0.6) is 11.5 Å². The largest absolute Gasteiger partial charge is 0.493 e. The number of nitrogens with zero attached hydrogens (tertiary/aromatic N) is 1. The highest BCUT2D eigenvalue weighted by Crippen LogP contribution is 2.28. The van der Waals surface area contributed by atoms with Crippen LogP contribution < -0.4 is 20.2 Å². The lowest BCUT2D eigenvalue weighted by Gasteiger charge is -2.11. The number of rotatable bonds is 7. The van der Waals surface area contributed by atoms with Crippen molar-refractivity contribution in [3.05, 3.63) is 88.4 Å². The zero-order valence-corrected chi connectivity index (χ0v) is 18.6. The third-order valence-corrected chi connectivity index (χ3v) is 4.96. The predicted molar refractivity (Wildman–Crippen MR) is 125 cm³/mol. The molecule has 0 fully saturated rings. The Bertz CT molecular complexity index is 1180. The van der Waals surface area contributed by atoms with E-state index in [0.717, 1.165) is 5.56 Å². The summed E-state index contributed by atoms with van der Waals surface area (Å²) in [5.74, 6) is 0.292. The number of benzene rings is 3. The first-order valence-electron chi connectivity index (χ1n) is 9.66. The van der Waals surface area contributed by atoms with Gasteiger partial charge in [0.25, 0.3) is 11.8 Å². The van der Waals surface area contributed by atoms with Gasteiger partial charge < -0.3 is 14.8 Å². The lowest BCUT2D eigenvalue weighted by Crippen LogP contribution is -2.19. The number of carbonyl (C=O) groups is 2. The average Bonchev–Trinajstić information content (AvgIpc) is 2.82. The minimum Gasteiger partial charge on any atom is -0.493 e. The number of nitrogens with one attached hydrogen (secondary N) is 2. The second-order valence-corrected chi connectivity index (χ2v) is 7.13. The van der Waals surface area contributed by atoms with Crippen molar-refractivity contribution in [3.63, 3.8) is 0 Å². The van der Waals surface area contributed by atoms with Gasteiger partial charge in [-0.2, -0.15) is 5.10 Å². The molecule has 0 aromatic heterocycles. The number of amides is 2. The molecular weight excluding hydrogens is 430 g/mol. The quantitative estimate of drug-likeness (QED) is 0.400. The zero-order valence-electron chi connectivity index (χ0n) is 17.8. The van der Waals surface area contributed by atoms with E-state index in [-0.39, 0.29) is 5.91 Å². The molecule has 7 nitrogen and oxygen atoms in total. The molecule has 164 valence electrons. The maximum Gasteiger partial charge on any atom is 0.272 e.